The Kier molecular flexibility index (Phi) is 3.80. The first kappa shape index (κ1) is 12.6. The fraction of sp³-hybridized carbons (Fsp3) is 0.0667. The van der Waals surface area contributed by atoms with Crippen molar-refractivity contribution in [2.45, 2.75) is 10.8 Å². The fourth-order valence-corrected chi connectivity index (χ4v) is 2.95. The van der Waals surface area contributed by atoms with Gasteiger partial charge in [0.25, 0.3) is 0 Å². The van der Waals surface area contributed by atoms with Gasteiger partial charge in [0.2, 0.25) is 0 Å². The minimum absolute atomic E-state index is 0.878. The highest BCUT2D eigenvalue weighted by atomic mass is 79.9. The molecule has 3 aromatic rings. The van der Waals surface area contributed by atoms with Crippen molar-refractivity contribution in [3.63, 3.8) is 0 Å². The summed E-state index contributed by atoms with van der Waals surface area (Å²) in [4.78, 5) is 8.84. The quantitative estimate of drug-likeness (QED) is 0.652. The Morgan fingerprint density at radius 3 is 2.74 bits per heavy atom. The summed E-state index contributed by atoms with van der Waals surface area (Å²) in [5, 5.41) is 2.21. The van der Waals surface area contributed by atoms with E-state index in [1.807, 2.05) is 30.6 Å². The molecule has 0 amide bonds. The molecule has 0 aliphatic rings. The summed E-state index contributed by atoms with van der Waals surface area (Å²) in [5.41, 5.74) is 2.32. The molecule has 0 fully saturated rings. The number of hydrogen-bond acceptors (Lipinski definition) is 3. The van der Waals surface area contributed by atoms with Gasteiger partial charge in [0.15, 0.2) is 0 Å². The van der Waals surface area contributed by atoms with Crippen LogP contribution in [0.2, 0.25) is 0 Å². The molecule has 94 valence electrons. The van der Waals surface area contributed by atoms with Crippen LogP contribution < -0.4 is 0 Å². The maximum Gasteiger partial charge on any atom is 0.0963 e. The summed E-state index contributed by atoms with van der Waals surface area (Å²) >= 11 is 5.12. The average Bonchev–Trinajstić information content (AvgIpc) is 2.47. The van der Waals surface area contributed by atoms with Crippen LogP contribution in [0.15, 0.2) is 64.4 Å². The first-order valence-corrected chi connectivity index (χ1v) is 7.68. The number of thioether (sulfide) groups is 1. The maximum absolute atomic E-state index is 4.47. The van der Waals surface area contributed by atoms with E-state index >= 15 is 0 Å². The molecular weight excluding hydrogens is 320 g/mol. The lowest BCUT2D eigenvalue weighted by Crippen LogP contribution is -1.87. The van der Waals surface area contributed by atoms with Gasteiger partial charge in [-0.05, 0) is 39.7 Å². The molecule has 3 rings (SSSR count). The number of fused-ring (bicyclic) bond motifs is 1. The topological polar surface area (TPSA) is 25.8 Å². The van der Waals surface area contributed by atoms with Crippen molar-refractivity contribution in [2.75, 3.05) is 0 Å². The Bertz CT molecular complexity index is 693. The van der Waals surface area contributed by atoms with Gasteiger partial charge in [0.1, 0.15) is 0 Å². The standard InChI is InChI=1S/C15H11BrN2S/c16-13-6-7-14(18-9-13)19-10-12-4-1-3-11-5-2-8-17-15(11)12/h1-9H,10H2. The zero-order valence-electron chi connectivity index (χ0n) is 10.1. The highest BCUT2D eigenvalue weighted by molar-refractivity contribution is 9.10. The molecule has 4 heteroatoms. The van der Waals surface area contributed by atoms with Gasteiger partial charge in [0.05, 0.1) is 10.5 Å². The van der Waals surface area contributed by atoms with Crippen LogP contribution in [0.4, 0.5) is 0 Å². The first-order valence-electron chi connectivity index (χ1n) is 5.90. The lowest BCUT2D eigenvalue weighted by atomic mass is 10.1. The molecule has 19 heavy (non-hydrogen) atoms. The van der Waals surface area contributed by atoms with E-state index in [-0.39, 0.29) is 0 Å². The van der Waals surface area contributed by atoms with Gasteiger partial charge in [0, 0.05) is 28.0 Å². The van der Waals surface area contributed by atoms with E-state index in [9.17, 15) is 0 Å². The van der Waals surface area contributed by atoms with Gasteiger partial charge in [-0.2, -0.15) is 0 Å². The molecule has 2 heterocycles. The Morgan fingerprint density at radius 2 is 1.89 bits per heavy atom. The van der Waals surface area contributed by atoms with E-state index in [4.69, 9.17) is 0 Å². The van der Waals surface area contributed by atoms with Crippen LogP contribution in [0.1, 0.15) is 5.56 Å². The number of halogens is 1. The predicted octanol–water partition coefficient (Wildman–Crippen LogP) is 4.68. The molecule has 2 aromatic heterocycles. The van der Waals surface area contributed by atoms with Crippen molar-refractivity contribution in [2.24, 2.45) is 0 Å². The highest BCUT2D eigenvalue weighted by Crippen LogP contribution is 2.25. The third-order valence-corrected chi connectivity index (χ3v) is 4.25. The predicted molar refractivity (Wildman–Crippen MR) is 83.2 cm³/mol. The molecule has 0 atom stereocenters. The van der Waals surface area contributed by atoms with Crippen LogP contribution in [0.3, 0.4) is 0 Å². The molecule has 0 aliphatic carbocycles. The molecule has 0 saturated carbocycles. The minimum atomic E-state index is 0.878. The molecule has 0 radical (unpaired) electrons. The van der Waals surface area contributed by atoms with Crippen LogP contribution >= 0.6 is 27.7 Å². The first-order chi connectivity index (χ1) is 9.33. The van der Waals surface area contributed by atoms with Crippen molar-refractivity contribution in [3.8, 4) is 0 Å². The number of benzene rings is 1. The number of aromatic nitrogens is 2. The number of nitrogens with zero attached hydrogens (tertiary/aromatic N) is 2. The van der Waals surface area contributed by atoms with Crippen LogP contribution in [-0.4, -0.2) is 9.97 Å². The fourth-order valence-electron chi connectivity index (χ4n) is 1.88. The monoisotopic (exact) mass is 330 g/mol. The molecule has 2 nitrogen and oxygen atoms in total. The Labute approximate surface area is 124 Å². The lowest BCUT2D eigenvalue weighted by molar-refractivity contribution is 1.12. The SMILES string of the molecule is Brc1ccc(SCc2cccc3cccnc23)nc1. The molecule has 0 aliphatic heterocycles. The second-order valence-electron chi connectivity index (χ2n) is 4.10. The zero-order valence-corrected chi connectivity index (χ0v) is 12.5. The van der Waals surface area contributed by atoms with Crippen molar-refractivity contribution in [1.29, 1.82) is 0 Å². The molecule has 0 unspecified atom stereocenters. The molecule has 0 saturated heterocycles. The normalized spacial score (nSPS) is 10.8. The smallest absolute Gasteiger partial charge is 0.0963 e. The molecular formula is C15H11BrN2S. The minimum Gasteiger partial charge on any atom is -0.256 e. The van der Waals surface area contributed by atoms with Crippen LogP contribution in [0.25, 0.3) is 10.9 Å². The van der Waals surface area contributed by atoms with Crippen molar-refractivity contribution < 1.29 is 0 Å². The van der Waals surface area contributed by atoms with E-state index in [1.165, 1.54) is 10.9 Å². The Balaban J connectivity index is 1.84. The summed E-state index contributed by atoms with van der Waals surface area (Å²) in [5.74, 6) is 0.878. The molecule has 0 N–H and O–H groups in total. The lowest BCUT2D eigenvalue weighted by Gasteiger charge is -2.05. The van der Waals surface area contributed by atoms with Crippen LogP contribution in [-0.2, 0) is 5.75 Å². The average molecular weight is 331 g/mol. The van der Waals surface area contributed by atoms with Gasteiger partial charge in [-0.15, -0.1) is 11.8 Å². The van der Waals surface area contributed by atoms with Crippen LogP contribution in [0.5, 0.6) is 0 Å². The van der Waals surface area contributed by atoms with E-state index in [2.05, 4.69) is 50.2 Å². The zero-order chi connectivity index (χ0) is 13.1. The number of para-hydroxylation sites is 1. The Morgan fingerprint density at radius 1 is 1.00 bits per heavy atom. The van der Waals surface area contributed by atoms with E-state index in [0.717, 1.165) is 20.8 Å². The van der Waals surface area contributed by atoms with Gasteiger partial charge in [-0.3, -0.25) is 4.98 Å². The summed E-state index contributed by atoms with van der Waals surface area (Å²) < 4.78 is 1.00. The largest absolute Gasteiger partial charge is 0.256 e. The third kappa shape index (κ3) is 2.96. The van der Waals surface area contributed by atoms with Crippen LogP contribution in [0, 0.1) is 0 Å². The number of rotatable bonds is 3. The Hall–Kier alpha value is -1.39. The van der Waals surface area contributed by atoms with Crippen molar-refractivity contribution >= 4 is 38.6 Å². The van der Waals surface area contributed by atoms with Gasteiger partial charge >= 0.3 is 0 Å². The van der Waals surface area contributed by atoms with Gasteiger partial charge < -0.3 is 0 Å². The third-order valence-electron chi connectivity index (χ3n) is 2.79. The maximum atomic E-state index is 4.47. The highest BCUT2D eigenvalue weighted by Gasteiger charge is 2.03. The van der Waals surface area contributed by atoms with Gasteiger partial charge in [-0.25, -0.2) is 4.98 Å². The van der Waals surface area contributed by atoms with E-state index < -0.39 is 0 Å². The summed E-state index contributed by atoms with van der Waals surface area (Å²) in [6, 6.07) is 14.4. The van der Waals surface area contributed by atoms with Crippen molar-refractivity contribution in [3.05, 3.63) is 64.9 Å². The summed E-state index contributed by atoms with van der Waals surface area (Å²) in [6.45, 7) is 0. The molecule has 0 bridgehead atoms. The van der Waals surface area contributed by atoms with Gasteiger partial charge in [-0.1, -0.05) is 24.3 Å². The molecule has 1 aromatic carbocycles. The second kappa shape index (κ2) is 5.72. The van der Waals surface area contributed by atoms with Crippen molar-refractivity contribution in [1.82, 2.24) is 9.97 Å². The second-order valence-corrected chi connectivity index (χ2v) is 6.01. The molecule has 0 spiro atoms. The summed E-state index contributed by atoms with van der Waals surface area (Å²) in [6.07, 6.45) is 3.66. The van der Waals surface area contributed by atoms with E-state index in [0.29, 0.717) is 0 Å². The number of pyridine rings is 2. The number of hydrogen-bond donors (Lipinski definition) is 0. The summed E-state index contributed by atoms with van der Waals surface area (Å²) in [7, 11) is 0. The van der Waals surface area contributed by atoms with E-state index in [1.54, 1.807) is 11.8 Å².